The van der Waals surface area contributed by atoms with Gasteiger partial charge in [-0.15, -0.1) is 0 Å². The first-order valence-electron chi connectivity index (χ1n) is 16.2. The fourth-order valence-electron chi connectivity index (χ4n) is 6.13. The molecule has 1 unspecified atom stereocenters. The zero-order valence-electron chi connectivity index (χ0n) is 27.1. The third-order valence-electron chi connectivity index (χ3n) is 8.52. The molecule has 3 rings (SSSR count). The Morgan fingerprint density at radius 2 is 1.56 bits per heavy atom. The van der Waals surface area contributed by atoms with E-state index in [1.54, 1.807) is 6.92 Å². The Morgan fingerprint density at radius 1 is 0.930 bits per heavy atom. The summed E-state index contributed by atoms with van der Waals surface area (Å²) in [5, 5.41) is 12.2. The molecule has 0 saturated carbocycles. The summed E-state index contributed by atoms with van der Waals surface area (Å²) in [5.41, 5.74) is -0.842. The minimum Gasteiger partial charge on any atom is -0.361 e. The molecule has 0 aromatic rings. The van der Waals surface area contributed by atoms with Crippen LogP contribution in [0, 0.1) is 23.7 Å². The first-order chi connectivity index (χ1) is 20.2. The molecule has 0 bridgehead atoms. The molecular weight excluding hydrogens is 568 g/mol. The van der Waals surface area contributed by atoms with Crippen LogP contribution in [0.15, 0.2) is 0 Å². The van der Waals surface area contributed by atoms with Crippen LogP contribution in [0.25, 0.3) is 0 Å². The molecule has 3 aliphatic heterocycles. The molecule has 244 valence electrons. The quantitative estimate of drug-likeness (QED) is 0.0975. The van der Waals surface area contributed by atoms with Gasteiger partial charge < -0.3 is 26.0 Å². The van der Waals surface area contributed by atoms with Crippen molar-refractivity contribution in [2.75, 3.05) is 12.4 Å². The molecule has 3 saturated heterocycles. The predicted molar refractivity (Wildman–Crippen MR) is 169 cm³/mol. The Balaban J connectivity index is 1.54. The van der Waals surface area contributed by atoms with Crippen molar-refractivity contribution in [2.24, 2.45) is 23.7 Å². The van der Waals surface area contributed by atoms with Gasteiger partial charge in [-0.05, 0) is 56.8 Å². The van der Waals surface area contributed by atoms with E-state index in [4.69, 9.17) is 4.74 Å². The number of urea groups is 1. The molecule has 7 atom stereocenters. The summed E-state index contributed by atoms with van der Waals surface area (Å²) >= 11 is 1.86. The van der Waals surface area contributed by atoms with Gasteiger partial charge >= 0.3 is 6.03 Å². The standard InChI is InChI=1S/C32H54N4O6S/c1-18(2)12-21(30(40)34-23(14-20(5)6)29(39)32(7)17-42-32)15-25(37)22(13-19(3)4)33-27(38)11-9-8-10-26-28-24(16-43-26)35-31(41)36-28/h18-24,26,28H,8-17H2,1-7H3,(H,33,38)(H,34,40)(H2,35,36,41)/t21-,22+,23+,24+,26?,28+,32-/m1/s1. The van der Waals surface area contributed by atoms with Crippen molar-refractivity contribution in [3.05, 3.63) is 0 Å². The minimum absolute atomic E-state index is 0.0131. The minimum atomic E-state index is -0.842. The van der Waals surface area contributed by atoms with Gasteiger partial charge in [0.2, 0.25) is 11.8 Å². The Hall–Kier alpha value is -2.14. The molecule has 0 radical (unpaired) electrons. The number of nitrogens with one attached hydrogen (secondary N) is 4. The van der Waals surface area contributed by atoms with E-state index in [0.29, 0.717) is 44.0 Å². The second-order valence-electron chi connectivity index (χ2n) is 14.2. The number of thioether (sulfide) groups is 1. The molecule has 10 nitrogen and oxygen atoms in total. The van der Waals surface area contributed by atoms with Crippen LogP contribution in [0.3, 0.4) is 0 Å². The van der Waals surface area contributed by atoms with Gasteiger partial charge in [-0.2, -0.15) is 11.8 Å². The number of hydrogen-bond acceptors (Lipinski definition) is 7. The number of rotatable bonds is 19. The summed E-state index contributed by atoms with van der Waals surface area (Å²) in [6.07, 6.45) is 4.34. The van der Waals surface area contributed by atoms with E-state index in [0.717, 1.165) is 18.6 Å². The zero-order chi connectivity index (χ0) is 31.9. The van der Waals surface area contributed by atoms with Crippen molar-refractivity contribution in [1.29, 1.82) is 0 Å². The molecule has 3 aliphatic rings. The van der Waals surface area contributed by atoms with Crippen LogP contribution in [0.5, 0.6) is 0 Å². The van der Waals surface area contributed by atoms with E-state index in [2.05, 4.69) is 21.3 Å². The predicted octanol–water partition coefficient (Wildman–Crippen LogP) is 3.75. The molecular formula is C32H54N4O6S. The number of Topliss-reactive ketones (excluding diaryl/α,β-unsaturated/α-hetero) is 2. The fourth-order valence-corrected chi connectivity index (χ4v) is 7.68. The number of ketones is 2. The molecule has 0 aromatic carbocycles. The van der Waals surface area contributed by atoms with Gasteiger partial charge in [0.25, 0.3) is 0 Å². The summed E-state index contributed by atoms with van der Waals surface area (Å²) in [6, 6.07) is -1.08. The molecule has 11 heteroatoms. The maximum absolute atomic E-state index is 13.6. The van der Waals surface area contributed by atoms with Crippen LogP contribution in [0.1, 0.15) is 99.8 Å². The van der Waals surface area contributed by atoms with Gasteiger partial charge in [0, 0.05) is 29.8 Å². The first-order valence-corrected chi connectivity index (χ1v) is 17.2. The number of ether oxygens (including phenoxy) is 1. The summed E-state index contributed by atoms with van der Waals surface area (Å²) in [4.78, 5) is 64.7. The maximum Gasteiger partial charge on any atom is 0.315 e. The highest BCUT2D eigenvalue weighted by atomic mass is 32.2. The van der Waals surface area contributed by atoms with Crippen molar-refractivity contribution >= 4 is 41.2 Å². The first kappa shape index (κ1) is 35.3. The third-order valence-corrected chi connectivity index (χ3v) is 10.0. The lowest BCUT2D eigenvalue weighted by atomic mass is 9.87. The van der Waals surface area contributed by atoms with Crippen LogP contribution >= 0.6 is 11.8 Å². The van der Waals surface area contributed by atoms with Gasteiger partial charge in [-0.25, -0.2) is 4.79 Å². The molecule has 43 heavy (non-hydrogen) atoms. The highest BCUT2D eigenvalue weighted by Crippen LogP contribution is 2.33. The summed E-state index contributed by atoms with van der Waals surface area (Å²) < 4.78 is 5.36. The van der Waals surface area contributed by atoms with Crippen molar-refractivity contribution in [3.8, 4) is 0 Å². The smallest absolute Gasteiger partial charge is 0.315 e. The molecule has 4 amide bonds. The number of epoxide rings is 1. The van der Waals surface area contributed by atoms with Crippen LogP contribution in [-0.2, 0) is 23.9 Å². The van der Waals surface area contributed by atoms with E-state index in [1.807, 2.05) is 53.3 Å². The monoisotopic (exact) mass is 622 g/mol. The van der Waals surface area contributed by atoms with Crippen LogP contribution in [-0.4, -0.2) is 76.8 Å². The van der Waals surface area contributed by atoms with Gasteiger partial charge in [0.15, 0.2) is 11.6 Å². The van der Waals surface area contributed by atoms with Crippen molar-refractivity contribution in [1.82, 2.24) is 21.3 Å². The summed E-state index contributed by atoms with van der Waals surface area (Å²) in [7, 11) is 0. The lowest BCUT2D eigenvalue weighted by molar-refractivity contribution is -0.135. The largest absolute Gasteiger partial charge is 0.361 e. The Bertz CT molecular complexity index is 1010. The van der Waals surface area contributed by atoms with Gasteiger partial charge in [0.1, 0.15) is 5.60 Å². The number of unbranched alkanes of at least 4 members (excludes halogenated alkanes) is 1. The molecule has 3 fully saturated rings. The number of hydrogen-bond donors (Lipinski definition) is 4. The van der Waals surface area contributed by atoms with Crippen molar-refractivity contribution in [3.63, 3.8) is 0 Å². The average Bonchev–Trinajstić information content (AvgIpc) is 3.39. The number of carbonyl (C=O) groups is 5. The Labute approximate surface area is 261 Å². The van der Waals surface area contributed by atoms with Crippen LogP contribution in [0.4, 0.5) is 4.79 Å². The highest BCUT2D eigenvalue weighted by Gasteiger charge is 2.50. The zero-order valence-corrected chi connectivity index (χ0v) is 27.9. The summed E-state index contributed by atoms with van der Waals surface area (Å²) in [6.45, 7) is 14.2. The van der Waals surface area contributed by atoms with Crippen LogP contribution in [0.2, 0.25) is 0 Å². The van der Waals surface area contributed by atoms with Crippen LogP contribution < -0.4 is 21.3 Å². The van der Waals surface area contributed by atoms with Crippen molar-refractivity contribution < 1.29 is 28.7 Å². The second kappa shape index (κ2) is 15.7. The van der Waals surface area contributed by atoms with E-state index < -0.39 is 23.6 Å². The lowest BCUT2D eigenvalue weighted by Gasteiger charge is -2.26. The summed E-state index contributed by atoms with van der Waals surface area (Å²) in [5.74, 6) is 0.155. The number of carbonyl (C=O) groups excluding carboxylic acids is 5. The van der Waals surface area contributed by atoms with Gasteiger partial charge in [-0.1, -0.05) is 48.0 Å². The fraction of sp³-hybridized carbons (Fsp3) is 0.844. The topological polar surface area (TPSA) is 146 Å². The Morgan fingerprint density at radius 3 is 2.16 bits per heavy atom. The van der Waals surface area contributed by atoms with Crippen molar-refractivity contribution in [2.45, 2.75) is 135 Å². The second-order valence-corrected chi connectivity index (χ2v) is 15.5. The Kier molecular flexibility index (Phi) is 12.9. The van der Waals surface area contributed by atoms with E-state index in [9.17, 15) is 24.0 Å². The average molecular weight is 623 g/mol. The molecule has 0 spiro atoms. The number of amides is 4. The van der Waals surface area contributed by atoms with Gasteiger partial charge in [-0.3, -0.25) is 19.2 Å². The molecule has 4 N–H and O–H groups in total. The number of fused-ring (bicyclic) bond motifs is 1. The lowest BCUT2D eigenvalue weighted by Crippen LogP contribution is -2.49. The molecule has 3 heterocycles. The molecule has 0 aromatic heterocycles. The van der Waals surface area contributed by atoms with E-state index in [-0.39, 0.29) is 65.7 Å². The SMILES string of the molecule is CC(C)C[C@H](CC(=O)[C@H](CC(C)C)NC(=O)CCCCC1SC[C@@H]2NC(=O)N[C@H]12)C(=O)N[C@@H](CC(C)C)C(=O)[C@@]1(C)CO1. The van der Waals surface area contributed by atoms with Gasteiger partial charge in [0.05, 0.1) is 30.8 Å². The van der Waals surface area contributed by atoms with E-state index in [1.165, 1.54) is 0 Å². The molecule has 0 aliphatic carbocycles. The van der Waals surface area contributed by atoms with E-state index >= 15 is 0 Å². The maximum atomic E-state index is 13.6. The highest BCUT2D eigenvalue weighted by molar-refractivity contribution is 8.00. The normalized spacial score (nSPS) is 26.5. The third kappa shape index (κ3) is 10.8.